The normalized spacial score (nSPS) is 52.8. The van der Waals surface area contributed by atoms with E-state index >= 15 is 0 Å². The molecule has 12 heavy (non-hydrogen) atoms. The van der Waals surface area contributed by atoms with Gasteiger partial charge in [-0.25, -0.2) is 0 Å². The van der Waals surface area contributed by atoms with E-state index in [2.05, 4.69) is 5.32 Å². The fourth-order valence-electron chi connectivity index (χ4n) is 3.02. The number of hydrogen-bond donors (Lipinski definition) is 2. The molecule has 0 spiro atoms. The zero-order chi connectivity index (χ0) is 7.59. The van der Waals surface area contributed by atoms with Crippen LogP contribution in [-0.2, 0) is 4.79 Å². The van der Waals surface area contributed by atoms with Crippen molar-refractivity contribution < 1.29 is 9.90 Å². The van der Waals surface area contributed by atoms with Crippen LogP contribution in [0.5, 0.6) is 0 Å². The van der Waals surface area contributed by atoms with Gasteiger partial charge in [-0.15, -0.1) is 12.4 Å². The number of halogens is 1. The lowest BCUT2D eigenvalue weighted by atomic mass is 9.98. The number of carboxylic acids is 1. The van der Waals surface area contributed by atoms with E-state index in [-0.39, 0.29) is 18.4 Å². The van der Waals surface area contributed by atoms with E-state index in [1.54, 1.807) is 0 Å². The molecule has 68 valence electrons. The van der Waals surface area contributed by atoms with Crippen molar-refractivity contribution in [1.82, 2.24) is 5.32 Å². The maximum absolute atomic E-state index is 10.7. The summed E-state index contributed by atoms with van der Waals surface area (Å²) in [5, 5.41) is 12.0. The Morgan fingerprint density at radius 2 is 2.00 bits per heavy atom. The Labute approximate surface area is 76.9 Å². The van der Waals surface area contributed by atoms with Gasteiger partial charge in [-0.1, -0.05) is 0 Å². The van der Waals surface area contributed by atoms with Gasteiger partial charge < -0.3 is 10.4 Å². The molecule has 0 aromatic heterocycles. The minimum atomic E-state index is -0.650. The molecule has 5 unspecified atom stereocenters. The lowest BCUT2D eigenvalue weighted by molar-refractivity contribution is -0.140. The highest BCUT2D eigenvalue weighted by Gasteiger charge is 2.62. The number of hydrogen-bond acceptors (Lipinski definition) is 2. The third-order valence-corrected chi connectivity index (χ3v) is 3.57. The Bertz CT molecular complexity index is 233. The lowest BCUT2D eigenvalue weighted by Gasteiger charge is -2.17. The molecule has 1 aliphatic heterocycles. The van der Waals surface area contributed by atoms with Gasteiger partial charge in [-0.05, 0) is 30.6 Å². The molecular formula is C8H12ClNO2. The van der Waals surface area contributed by atoms with Gasteiger partial charge in [-0.2, -0.15) is 0 Å². The van der Waals surface area contributed by atoms with E-state index in [0.717, 1.165) is 18.3 Å². The molecule has 0 radical (unpaired) electrons. The number of carbonyl (C=O) groups is 1. The molecule has 0 aromatic carbocycles. The molecule has 3 nitrogen and oxygen atoms in total. The molecule has 3 rings (SSSR count). The first-order chi connectivity index (χ1) is 5.27. The minimum absolute atomic E-state index is 0. The molecule has 3 fully saturated rings. The summed E-state index contributed by atoms with van der Waals surface area (Å²) in [7, 11) is 0. The Kier molecular flexibility index (Phi) is 1.64. The summed E-state index contributed by atoms with van der Waals surface area (Å²) in [4.78, 5) is 10.7. The average molecular weight is 190 g/mol. The second kappa shape index (κ2) is 2.36. The van der Waals surface area contributed by atoms with E-state index in [0.29, 0.717) is 12.0 Å². The second-order valence-corrected chi connectivity index (χ2v) is 4.05. The molecule has 1 saturated heterocycles. The number of fused-ring (bicyclic) bond motifs is 5. The molecule has 4 heteroatoms. The van der Waals surface area contributed by atoms with Crippen LogP contribution in [0, 0.1) is 17.8 Å². The fourth-order valence-corrected chi connectivity index (χ4v) is 3.02. The molecular weight excluding hydrogens is 178 g/mol. The van der Waals surface area contributed by atoms with Gasteiger partial charge in [0, 0.05) is 6.04 Å². The third-order valence-electron chi connectivity index (χ3n) is 3.57. The lowest BCUT2D eigenvalue weighted by Crippen LogP contribution is -2.42. The fraction of sp³-hybridized carbons (Fsp3) is 0.875. The van der Waals surface area contributed by atoms with Gasteiger partial charge in [0.1, 0.15) is 6.04 Å². The van der Waals surface area contributed by atoms with Gasteiger partial charge in [0.25, 0.3) is 0 Å². The van der Waals surface area contributed by atoms with E-state index in [1.165, 1.54) is 6.42 Å². The Hall–Kier alpha value is -0.280. The number of carboxylic acid groups (broad SMARTS) is 1. The van der Waals surface area contributed by atoms with Crippen molar-refractivity contribution in [1.29, 1.82) is 0 Å². The third kappa shape index (κ3) is 0.837. The number of rotatable bonds is 1. The van der Waals surface area contributed by atoms with Crippen molar-refractivity contribution in [2.45, 2.75) is 24.9 Å². The maximum Gasteiger partial charge on any atom is 0.321 e. The first-order valence-electron chi connectivity index (χ1n) is 4.26. The topological polar surface area (TPSA) is 49.3 Å². The van der Waals surface area contributed by atoms with Crippen molar-refractivity contribution in [3.05, 3.63) is 0 Å². The Morgan fingerprint density at radius 3 is 2.50 bits per heavy atom. The zero-order valence-electron chi connectivity index (χ0n) is 6.56. The van der Waals surface area contributed by atoms with Crippen LogP contribution >= 0.6 is 12.4 Å². The predicted molar refractivity (Wildman–Crippen MR) is 45.3 cm³/mol. The minimum Gasteiger partial charge on any atom is -0.480 e. The number of nitrogens with one attached hydrogen (secondary N) is 1. The Morgan fingerprint density at radius 1 is 1.25 bits per heavy atom. The highest BCUT2D eigenvalue weighted by molar-refractivity contribution is 5.85. The predicted octanol–water partition coefficient (Wildman–Crippen LogP) is 0.489. The molecule has 5 atom stereocenters. The van der Waals surface area contributed by atoms with Gasteiger partial charge in [0.2, 0.25) is 0 Å². The van der Waals surface area contributed by atoms with Crippen LogP contribution in [0.2, 0.25) is 0 Å². The smallest absolute Gasteiger partial charge is 0.321 e. The van der Waals surface area contributed by atoms with E-state index in [1.807, 2.05) is 0 Å². The molecule has 2 aliphatic carbocycles. The number of aliphatic carboxylic acids is 1. The van der Waals surface area contributed by atoms with Gasteiger partial charge >= 0.3 is 5.97 Å². The van der Waals surface area contributed by atoms with Crippen LogP contribution in [0.15, 0.2) is 0 Å². The summed E-state index contributed by atoms with van der Waals surface area (Å²) >= 11 is 0. The monoisotopic (exact) mass is 189 g/mol. The Balaban J connectivity index is 0.000000563. The molecule has 2 bridgehead atoms. The van der Waals surface area contributed by atoms with Gasteiger partial charge in [-0.3, -0.25) is 4.79 Å². The van der Waals surface area contributed by atoms with Crippen LogP contribution in [-0.4, -0.2) is 23.2 Å². The van der Waals surface area contributed by atoms with Crippen molar-refractivity contribution in [2.24, 2.45) is 17.8 Å². The first kappa shape index (κ1) is 8.32. The van der Waals surface area contributed by atoms with E-state index in [9.17, 15) is 4.79 Å². The first-order valence-corrected chi connectivity index (χ1v) is 4.26. The molecule has 2 saturated carbocycles. The van der Waals surface area contributed by atoms with Crippen LogP contribution in [0.3, 0.4) is 0 Å². The van der Waals surface area contributed by atoms with Gasteiger partial charge in [0.15, 0.2) is 0 Å². The van der Waals surface area contributed by atoms with Crippen molar-refractivity contribution >= 4 is 18.4 Å². The number of piperidine rings is 1. The van der Waals surface area contributed by atoms with E-state index < -0.39 is 5.97 Å². The van der Waals surface area contributed by atoms with Crippen LogP contribution in [0.4, 0.5) is 0 Å². The highest BCUT2D eigenvalue weighted by Crippen LogP contribution is 2.59. The van der Waals surface area contributed by atoms with Gasteiger partial charge in [0.05, 0.1) is 0 Å². The summed E-state index contributed by atoms with van der Waals surface area (Å²) in [6.07, 6.45) is 2.40. The summed E-state index contributed by atoms with van der Waals surface area (Å²) in [5.74, 6) is 1.42. The summed E-state index contributed by atoms with van der Waals surface area (Å²) in [6.45, 7) is 0. The van der Waals surface area contributed by atoms with Crippen molar-refractivity contribution in [3.8, 4) is 0 Å². The molecule has 0 aromatic rings. The molecule has 3 aliphatic rings. The highest BCUT2D eigenvalue weighted by atomic mass is 35.5. The summed E-state index contributed by atoms with van der Waals surface area (Å²) < 4.78 is 0. The van der Waals surface area contributed by atoms with Crippen molar-refractivity contribution in [2.75, 3.05) is 0 Å². The zero-order valence-corrected chi connectivity index (χ0v) is 7.38. The van der Waals surface area contributed by atoms with Crippen LogP contribution < -0.4 is 5.32 Å². The maximum atomic E-state index is 10.7. The standard InChI is InChI=1S/C8H11NO2.ClH/c10-8(11)7-5-2-6(9-7)4-1-3(4)5;/h3-7,9H,1-2H2,(H,10,11);1H. The molecule has 1 heterocycles. The summed E-state index contributed by atoms with van der Waals surface area (Å²) in [5.41, 5.74) is 0. The molecule has 0 amide bonds. The quantitative estimate of drug-likeness (QED) is 0.631. The van der Waals surface area contributed by atoms with E-state index in [4.69, 9.17) is 5.11 Å². The molecule has 2 N–H and O–H groups in total. The second-order valence-electron chi connectivity index (χ2n) is 4.05. The SMILES string of the molecule is Cl.O=C(O)C1NC2CC1C1CC21. The van der Waals surface area contributed by atoms with Crippen LogP contribution in [0.1, 0.15) is 12.8 Å². The van der Waals surface area contributed by atoms with Crippen LogP contribution in [0.25, 0.3) is 0 Å². The largest absolute Gasteiger partial charge is 0.480 e. The average Bonchev–Trinajstić information content (AvgIpc) is 2.57. The van der Waals surface area contributed by atoms with Crippen molar-refractivity contribution in [3.63, 3.8) is 0 Å². The summed E-state index contributed by atoms with van der Waals surface area (Å²) in [6, 6.07) is 0.329.